The third kappa shape index (κ3) is 4.03. The lowest BCUT2D eigenvalue weighted by molar-refractivity contribution is -0.122. The maximum atomic E-state index is 12.1. The Labute approximate surface area is 125 Å². The molecular formula is C16H12BrO3. The van der Waals surface area contributed by atoms with Crippen LogP contribution >= 0.6 is 15.9 Å². The van der Waals surface area contributed by atoms with Crippen molar-refractivity contribution < 1.29 is 14.3 Å². The molecule has 0 fully saturated rings. The minimum absolute atomic E-state index is 0.131. The molecule has 0 aliphatic carbocycles. The van der Waals surface area contributed by atoms with Crippen molar-refractivity contribution in [3.63, 3.8) is 0 Å². The number of rotatable bonds is 6. The van der Waals surface area contributed by atoms with Crippen molar-refractivity contribution in [2.75, 3.05) is 0 Å². The van der Waals surface area contributed by atoms with Crippen molar-refractivity contribution in [1.29, 1.82) is 0 Å². The summed E-state index contributed by atoms with van der Waals surface area (Å²) < 4.78 is 6.23. The van der Waals surface area contributed by atoms with Crippen LogP contribution in [0.2, 0.25) is 0 Å². The van der Waals surface area contributed by atoms with Gasteiger partial charge in [-0.25, -0.2) is 0 Å². The van der Waals surface area contributed by atoms with Crippen molar-refractivity contribution in [2.24, 2.45) is 0 Å². The summed E-state index contributed by atoms with van der Waals surface area (Å²) in [5, 5.41) is 0. The van der Waals surface area contributed by atoms with E-state index in [9.17, 15) is 9.59 Å². The minimum Gasteiger partial charge on any atom is -0.474 e. The summed E-state index contributed by atoms with van der Waals surface area (Å²) in [6, 6.07) is 16.1. The van der Waals surface area contributed by atoms with Gasteiger partial charge in [-0.1, -0.05) is 46.3 Å². The molecule has 0 amide bonds. The zero-order valence-corrected chi connectivity index (χ0v) is 12.2. The topological polar surface area (TPSA) is 43.4 Å². The summed E-state index contributed by atoms with van der Waals surface area (Å²) in [6.45, 7) is 0. The smallest absolute Gasteiger partial charge is 0.250 e. The van der Waals surface area contributed by atoms with E-state index in [-0.39, 0.29) is 12.2 Å². The van der Waals surface area contributed by atoms with Crippen LogP contribution < -0.4 is 4.74 Å². The largest absolute Gasteiger partial charge is 0.474 e. The van der Waals surface area contributed by atoms with Gasteiger partial charge in [0.2, 0.25) is 6.10 Å². The molecular weight excluding hydrogens is 320 g/mol. The fraction of sp³-hybridized carbons (Fsp3) is 0.125. The number of ether oxygens (including phenoxy) is 1. The van der Waals surface area contributed by atoms with Crippen LogP contribution in [0.4, 0.5) is 0 Å². The summed E-state index contributed by atoms with van der Waals surface area (Å²) in [4.78, 5) is 23.0. The second-order valence-electron chi connectivity index (χ2n) is 4.20. The molecule has 2 aromatic rings. The third-order valence-corrected chi connectivity index (χ3v) is 3.16. The first-order valence-electron chi connectivity index (χ1n) is 6.05. The number of carbonyl (C=O) groups excluding carboxylic acids is 2. The molecule has 4 heteroatoms. The van der Waals surface area contributed by atoms with E-state index in [0.717, 1.165) is 10.0 Å². The zero-order chi connectivity index (χ0) is 14.4. The van der Waals surface area contributed by atoms with Gasteiger partial charge in [-0.05, 0) is 29.8 Å². The molecule has 0 saturated heterocycles. The first-order valence-corrected chi connectivity index (χ1v) is 6.85. The fourth-order valence-electron chi connectivity index (χ4n) is 1.73. The Balaban J connectivity index is 2.04. The second kappa shape index (κ2) is 7.01. The lowest BCUT2D eigenvalue weighted by atomic mass is 10.1. The molecule has 1 unspecified atom stereocenters. The average Bonchev–Trinajstić information content (AvgIpc) is 2.45. The molecule has 0 heterocycles. The van der Waals surface area contributed by atoms with Crippen LogP contribution in [0, 0.1) is 0 Å². The Bertz CT molecular complexity index is 596. The highest BCUT2D eigenvalue weighted by Crippen LogP contribution is 2.15. The first kappa shape index (κ1) is 14.5. The van der Waals surface area contributed by atoms with Gasteiger partial charge in [0.05, 0.1) is 0 Å². The van der Waals surface area contributed by atoms with E-state index in [4.69, 9.17) is 4.74 Å². The number of para-hydroxylation sites is 1. The van der Waals surface area contributed by atoms with E-state index in [1.807, 2.05) is 30.3 Å². The molecule has 3 nitrogen and oxygen atoms in total. The van der Waals surface area contributed by atoms with Crippen LogP contribution in [0.5, 0.6) is 5.75 Å². The number of hydrogen-bond acceptors (Lipinski definition) is 3. The van der Waals surface area contributed by atoms with Crippen molar-refractivity contribution >= 4 is 28.0 Å². The van der Waals surface area contributed by atoms with Gasteiger partial charge in [0.25, 0.3) is 6.29 Å². The number of Topliss-reactive ketones (excluding diaryl/α,β-unsaturated/α-hetero) is 1. The van der Waals surface area contributed by atoms with Gasteiger partial charge in [0.1, 0.15) is 5.75 Å². The average molecular weight is 332 g/mol. The lowest BCUT2D eigenvalue weighted by Crippen LogP contribution is -2.30. The van der Waals surface area contributed by atoms with Gasteiger partial charge in [0.15, 0.2) is 5.78 Å². The molecule has 2 rings (SSSR count). The van der Waals surface area contributed by atoms with Crippen LogP contribution in [-0.4, -0.2) is 18.2 Å². The Morgan fingerprint density at radius 3 is 2.55 bits per heavy atom. The molecule has 0 aliphatic rings. The highest BCUT2D eigenvalue weighted by Gasteiger charge is 2.20. The zero-order valence-electron chi connectivity index (χ0n) is 10.6. The Hall–Kier alpha value is -1.94. The number of benzene rings is 2. The quantitative estimate of drug-likeness (QED) is 0.764. The predicted octanol–water partition coefficient (Wildman–Crippen LogP) is 3.12. The Morgan fingerprint density at radius 2 is 1.90 bits per heavy atom. The number of carbonyl (C=O) groups is 1. The maximum absolute atomic E-state index is 12.1. The van der Waals surface area contributed by atoms with E-state index >= 15 is 0 Å². The van der Waals surface area contributed by atoms with Crippen molar-refractivity contribution in [2.45, 2.75) is 12.5 Å². The van der Waals surface area contributed by atoms with E-state index in [1.54, 1.807) is 30.6 Å². The number of halogens is 1. The molecule has 0 bridgehead atoms. The van der Waals surface area contributed by atoms with Gasteiger partial charge in [-0.2, -0.15) is 0 Å². The fourth-order valence-corrected chi connectivity index (χ4v) is 2.18. The number of ketones is 1. The molecule has 20 heavy (non-hydrogen) atoms. The van der Waals surface area contributed by atoms with Gasteiger partial charge in [-0.15, -0.1) is 0 Å². The Morgan fingerprint density at radius 1 is 1.15 bits per heavy atom. The molecule has 0 N–H and O–H groups in total. The van der Waals surface area contributed by atoms with Gasteiger partial charge in [0, 0.05) is 10.9 Å². The summed E-state index contributed by atoms with van der Waals surface area (Å²) in [7, 11) is 0. The molecule has 1 radical (unpaired) electrons. The summed E-state index contributed by atoms with van der Waals surface area (Å²) in [5.41, 5.74) is 0.821. The normalized spacial score (nSPS) is 11.7. The third-order valence-electron chi connectivity index (χ3n) is 2.66. The summed E-state index contributed by atoms with van der Waals surface area (Å²) in [6.07, 6.45) is 0.585. The minimum atomic E-state index is -1.20. The van der Waals surface area contributed by atoms with E-state index in [0.29, 0.717) is 5.75 Å². The van der Waals surface area contributed by atoms with Gasteiger partial charge >= 0.3 is 0 Å². The van der Waals surface area contributed by atoms with Crippen molar-refractivity contribution in [1.82, 2.24) is 0 Å². The van der Waals surface area contributed by atoms with Crippen molar-refractivity contribution in [3.05, 3.63) is 64.6 Å². The van der Waals surface area contributed by atoms with Crippen molar-refractivity contribution in [3.8, 4) is 5.75 Å². The lowest BCUT2D eigenvalue weighted by Gasteiger charge is -2.11. The van der Waals surface area contributed by atoms with E-state index in [1.165, 1.54) is 0 Å². The monoisotopic (exact) mass is 331 g/mol. The first-order chi connectivity index (χ1) is 9.69. The van der Waals surface area contributed by atoms with Crippen LogP contribution in [0.25, 0.3) is 0 Å². The SMILES string of the molecule is O=[C]C(Oc1ccccc1)C(=O)Cc1cccc(Br)c1. The van der Waals surface area contributed by atoms with Crippen LogP contribution in [0.15, 0.2) is 59.1 Å². The summed E-state index contributed by atoms with van der Waals surface area (Å²) >= 11 is 3.34. The molecule has 1 atom stereocenters. The van der Waals surface area contributed by atoms with Crippen LogP contribution in [0.1, 0.15) is 5.56 Å². The Kier molecular flexibility index (Phi) is 5.07. The molecule has 0 aromatic heterocycles. The molecule has 0 spiro atoms. The van der Waals surface area contributed by atoms with Crippen LogP contribution in [-0.2, 0) is 16.0 Å². The van der Waals surface area contributed by atoms with Gasteiger partial charge in [-0.3, -0.25) is 9.59 Å². The molecule has 2 aromatic carbocycles. The standard InChI is InChI=1S/C16H12BrO3/c17-13-6-4-5-12(9-13)10-15(19)16(11-18)20-14-7-2-1-3-8-14/h1-9,16H,10H2. The highest BCUT2D eigenvalue weighted by molar-refractivity contribution is 9.10. The van der Waals surface area contributed by atoms with Crippen LogP contribution in [0.3, 0.4) is 0 Å². The van der Waals surface area contributed by atoms with E-state index in [2.05, 4.69) is 15.9 Å². The highest BCUT2D eigenvalue weighted by atomic mass is 79.9. The number of hydrogen-bond donors (Lipinski definition) is 0. The van der Waals surface area contributed by atoms with E-state index < -0.39 is 6.10 Å². The second-order valence-corrected chi connectivity index (χ2v) is 5.12. The maximum Gasteiger partial charge on any atom is 0.250 e. The predicted molar refractivity (Wildman–Crippen MR) is 79.4 cm³/mol. The van der Waals surface area contributed by atoms with Gasteiger partial charge < -0.3 is 4.74 Å². The molecule has 0 aliphatic heterocycles. The molecule has 101 valence electrons. The molecule has 0 saturated carbocycles. The summed E-state index contributed by atoms with van der Waals surface area (Å²) in [5.74, 6) is 0.158.